The number of benzene rings is 1. The Morgan fingerprint density at radius 1 is 1.53 bits per heavy atom. The number of aliphatic hydroxyl groups excluding tert-OH is 1. The molecule has 1 aromatic rings. The van der Waals surface area contributed by atoms with Crippen molar-refractivity contribution >= 4 is 5.91 Å². The highest BCUT2D eigenvalue weighted by atomic mass is 16.5. The molecule has 0 bridgehead atoms. The number of aliphatic hydroxyl groups is 1. The van der Waals surface area contributed by atoms with Crippen LogP contribution in [0.2, 0.25) is 0 Å². The minimum atomic E-state index is -0.0642. The Bertz CT molecular complexity index is 409. The summed E-state index contributed by atoms with van der Waals surface area (Å²) >= 11 is 0. The predicted octanol–water partition coefficient (Wildman–Crippen LogP) is 0.624. The summed E-state index contributed by atoms with van der Waals surface area (Å²) in [6, 6.07) is 7.55. The molecule has 1 atom stereocenters. The fourth-order valence-electron chi connectivity index (χ4n) is 1.56. The Labute approximate surface area is 114 Å². The monoisotopic (exact) mass is 266 g/mol. The molecule has 0 fully saturated rings. The van der Waals surface area contributed by atoms with Crippen molar-refractivity contribution in [1.29, 1.82) is 0 Å². The van der Waals surface area contributed by atoms with Crippen LogP contribution in [-0.2, 0) is 11.3 Å². The average molecular weight is 266 g/mol. The topological polar surface area (TPSA) is 61.8 Å². The van der Waals surface area contributed by atoms with Gasteiger partial charge in [-0.25, -0.2) is 0 Å². The molecule has 0 saturated heterocycles. The highest BCUT2D eigenvalue weighted by molar-refractivity contribution is 5.78. The number of hydrogen-bond acceptors (Lipinski definition) is 4. The largest absolute Gasteiger partial charge is 0.497 e. The Balaban J connectivity index is 2.41. The molecule has 0 saturated carbocycles. The van der Waals surface area contributed by atoms with Crippen molar-refractivity contribution in [3.63, 3.8) is 0 Å². The van der Waals surface area contributed by atoms with E-state index in [2.05, 4.69) is 5.32 Å². The van der Waals surface area contributed by atoms with Crippen molar-refractivity contribution in [1.82, 2.24) is 10.2 Å². The number of hydrogen-bond donors (Lipinski definition) is 2. The maximum Gasteiger partial charge on any atom is 0.234 e. The normalized spacial score (nSPS) is 12.3. The number of ether oxygens (including phenoxy) is 1. The van der Waals surface area contributed by atoms with E-state index in [9.17, 15) is 4.79 Å². The van der Waals surface area contributed by atoms with Gasteiger partial charge in [0, 0.05) is 12.6 Å². The van der Waals surface area contributed by atoms with Crippen LogP contribution < -0.4 is 10.1 Å². The van der Waals surface area contributed by atoms with Crippen LogP contribution >= 0.6 is 0 Å². The van der Waals surface area contributed by atoms with E-state index < -0.39 is 0 Å². The van der Waals surface area contributed by atoms with Crippen molar-refractivity contribution in [3.05, 3.63) is 29.8 Å². The standard InChI is InChI=1S/C14H22N2O3/c1-11(10-17)16(2)9-14(18)15-8-12-5-4-6-13(7-12)19-3/h4-7,11,17H,8-10H2,1-3H3,(H,15,18). The molecule has 0 aliphatic carbocycles. The van der Waals surface area contributed by atoms with E-state index in [0.717, 1.165) is 11.3 Å². The fourth-order valence-corrected chi connectivity index (χ4v) is 1.56. The van der Waals surface area contributed by atoms with Gasteiger partial charge in [0.25, 0.3) is 0 Å². The first-order chi connectivity index (χ1) is 9.06. The van der Waals surface area contributed by atoms with E-state index in [1.54, 1.807) is 12.0 Å². The molecule has 5 nitrogen and oxygen atoms in total. The maximum absolute atomic E-state index is 11.7. The Hall–Kier alpha value is -1.59. The molecule has 5 heteroatoms. The summed E-state index contributed by atoms with van der Waals surface area (Å²) in [6.07, 6.45) is 0. The van der Waals surface area contributed by atoms with Gasteiger partial charge in [-0.05, 0) is 31.7 Å². The molecule has 1 rings (SSSR count). The van der Waals surface area contributed by atoms with Gasteiger partial charge in [0.15, 0.2) is 0 Å². The van der Waals surface area contributed by atoms with Crippen LogP contribution in [0.25, 0.3) is 0 Å². The van der Waals surface area contributed by atoms with Crippen LogP contribution in [0.3, 0.4) is 0 Å². The third-order valence-electron chi connectivity index (χ3n) is 3.03. The van der Waals surface area contributed by atoms with Gasteiger partial charge in [0.05, 0.1) is 20.3 Å². The summed E-state index contributed by atoms with van der Waals surface area (Å²) in [6.45, 7) is 2.65. The first-order valence-corrected chi connectivity index (χ1v) is 6.27. The number of amides is 1. The maximum atomic E-state index is 11.7. The zero-order chi connectivity index (χ0) is 14.3. The van der Waals surface area contributed by atoms with E-state index in [4.69, 9.17) is 9.84 Å². The zero-order valence-electron chi connectivity index (χ0n) is 11.7. The first kappa shape index (κ1) is 15.5. The number of rotatable bonds is 7. The second kappa shape index (κ2) is 7.76. The molecule has 1 unspecified atom stereocenters. The van der Waals surface area contributed by atoms with Crippen molar-refractivity contribution in [2.24, 2.45) is 0 Å². The molecule has 106 valence electrons. The summed E-state index contributed by atoms with van der Waals surface area (Å²) < 4.78 is 5.12. The van der Waals surface area contributed by atoms with Crippen LogP contribution in [0.4, 0.5) is 0 Å². The molecule has 1 aromatic carbocycles. The van der Waals surface area contributed by atoms with E-state index in [1.165, 1.54) is 0 Å². The number of nitrogens with one attached hydrogen (secondary N) is 1. The minimum Gasteiger partial charge on any atom is -0.497 e. The highest BCUT2D eigenvalue weighted by Crippen LogP contribution is 2.12. The van der Waals surface area contributed by atoms with Crippen LogP contribution in [0.1, 0.15) is 12.5 Å². The zero-order valence-corrected chi connectivity index (χ0v) is 11.7. The molecule has 2 N–H and O–H groups in total. The van der Waals surface area contributed by atoms with Crippen LogP contribution in [-0.4, -0.2) is 49.3 Å². The SMILES string of the molecule is COc1cccc(CNC(=O)CN(C)C(C)CO)c1. The molecule has 0 heterocycles. The Morgan fingerprint density at radius 2 is 2.26 bits per heavy atom. The van der Waals surface area contributed by atoms with Gasteiger partial charge in [-0.3, -0.25) is 9.69 Å². The number of methoxy groups -OCH3 is 1. The molecular weight excluding hydrogens is 244 g/mol. The predicted molar refractivity (Wildman–Crippen MR) is 74.0 cm³/mol. The molecule has 0 radical (unpaired) electrons. The lowest BCUT2D eigenvalue weighted by Crippen LogP contribution is -2.40. The second-order valence-corrected chi connectivity index (χ2v) is 4.57. The van der Waals surface area contributed by atoms with Gasteiger partial charge in [-0.15, -0.1) is 0 Å². The molecular formula is C14H22N2O3. The lowest BCUT2D eigenvalue weighted by Gasteiger charge is -2.21. The van der Waals surface area contributed by atoms with Crippen molar-refractivity contribution in [2.75, 3.05) is 27.3 Å². The summed E-state index contributed by atoms with van der Waals surface area (Å²) in [5.41, 5.74) is 0.991. The third kappa shape index (κ3) is 5.28. The van der Waals surface area contributed by atoms with Gasteiger partial charge in [0.2, 0.25) is 5.91 Å². The smallest absolute Gasteiger partial charge is 0.234 e. The van der Waals surface area contributed by atoms with Crippen LogP contribution in [0.15, 0.2) is 24.3 Å². The number of carbonyl (C=O) groups excluding carboxylic acids is 1. The summed E-state index contributed by atoms with van der Waals surface area (Å²) in [4.78, 5) is 13.5. The quantitative estimate of drug-likeness (QED) is 0.759. The van der Waals surface area contributed by atoms with Crippen LogP contribution in [0.5, 0.6) is 5.75 Å². The Kier molecular flexibility index (Phi) is 6.32. The van der Waals surface area contributed by atoms with Crippen LogP contribution in [0, 0.1) is 0 Å². The first-order valence-electron chi connectivity index (χ1n) is 6.27. The lowest BCUT2D eigenvalue weighted by molar-refractivity contribution is -0.122. The van der Waals surface area contributed by atoms with Gasteiger partial charge in [-0.2, -0.15) is 0 Å². The third-order valence-corrected chi connectivity index (χ3v) is 3.03. The molecule has 0 aliphatic rings. The number of likely N-dealkylation sites (N-methyl/N-ethyl adjacent to an activating group) is 1. The fraction of sp³-hybridized carbons (Fsp3) is 0.500. The van der Waals surface area contributed by atoms with Gasteiger partial charge in [-0.1, -0.05) is 12.1 Å². The molecule has 0 aromatic heterocycles. The number of carbonyl (C=O) groups is 1. The molecule has 19 heavy (non-hydrogen) atoms. The average Bonchev–Trinajstić information content (AvgIpc) is 2.44. The van der Waals surface area contributed by atoms with E-state index in [1.807, 2.05) is 38.2 Å². The highest BCUT2D eigenvalue weighted by Gasteiger charge is 2.11. The summed E-state index contributed by atoms with van der Waals surface area (Å²) in [5.74, 6) is 0.711. The van der Waals surface area contributed by atoms with Crippen molar-refractivity contribution < 1.29 is 14.6 Å². The van der Waals surface area contributed by atoms with Gasteiger partial charge < -0.3 is 15.2 Å². The van der Waals surface area contributed by atoms with E-state index >= 15 is 0 Å². The number of nitrogens with zero attached hydrogens (tertiary/aromatic N) is 1. The van der Waals surface area contributed by atoms with E-state index in [-0.39, 0.29) is 25.1 Å². The van der Waals surface area contributed by atoms with Crippen molar-refractivity contribution in [3.8, 4) is 5.75 Å². The van der Waals surface area contributed by atoms with Gasteiger partial charge in [0.1, 0.15) is 5.75 Å². The summed E-state index contributed by atoms with van der Waals surface area (Å²) in [5, 5.41) is 11.8. The Morgan fingerprint density at radius 3 is 2.89 bits per heavy atom. The minimum absolute atomic E-state index is 0.0254. The second-order valence-electron chi connectivity index (χ2n) is 4.57. The molecule has 1 amide bonds. The molecule has 0 aliphatic heterocycles. The van der Waals surface area contributed by atoms with Gasteiger partial charge >= 0.3 is 0 Å². The van der Waals surface area contributed by atoms with E-state index in [0.29, 0.717) is 6.54 Å². The lowest BCUT2D eigenvalue weighted by atomic mass is 10.2. The molecule has 0 spiro atoms. The van der Waals surface area contributed by atoms with Crippen molar-refractivity contribution in [2.45, 2.75) is 19.5 Å². The summed E-state index contributed by atoms with van der Waals surface area (Å²) in [7, 11) is 3.43.